The summed E-state index contributed by atoms with van der Waals surface area (Å²) >= 11 is 0. The van der Waals surface area contributed by atoms with Gasteiger partial charge in [0, 0.05) is 12.1 Å². The second kappa shape index (κ2) is 6.05. The lowest BCUT2D eigenvalue weighted by Gasteiger charge is -2.05. The van der Waals surface area contributed by atoms with Gasteiger partial charge in [0.05, 0.1) is 35.1 Å². The van der Waals surface area contributed by atoms with Crippen LogP contribution in [0.15, 0.2) is 39.4 Å². The van der Waals surface area contributed by atoms with E-state index in [4.69, 9.17) is 0 Å². The number of nitrogens with one attached hydrogen (secondary N) is 1. The molecule has 7 heteroatoms. The summed E-state index contributed by atoms with van der Waals surface area (Å²) in [7, 11) is 0. The second-order valence-electron chi connectivity index (χ2n) is 4.31. The van der Waals surface area contributed by atoms with Crippen molar-refractivity contribution >= 4 is 28.5 Å². The highest BCUT2D eigenvalue weighted by Crippen LogP contribution is 2.15. The Hall–Kier alpha value is -2.57. The molecular formula is C13H15N5O2. The molecule has 104 valence electrons. The molecule has 0 amide bonds. The first-order valence-corrected chi connectivity index (χ1v) is 6.19. The monoisotopic (exact) mass is 273 g/mol. The van der Waals surface area contributed by atoms with E-state index in [1.54, 1.807) is 12.1 Å². The molecule has 0 saturated carbocycles. The van der Waals surface area contributed by atoms with Crippen molar-refractivity contribution in [1.82, 2.24) is 0 Å². The Kier molecular flexibility index (Phi) is 4.19. The normalized spacial score (nSPS) is 15.0. The molecule has 0 aromatic heterocycles. The molecule has 0 spiro atoms. The first kappa shape index (κ1) is 13.9. The van der Waals surface area contributed by atoms with Crippen molar-refractivity contribution in [1.29, 1.82) is 0 Å². The molecule has 20 heavy (non-hydrogen) atoms. The summed E-state index contributed by atoms with van der Waals surface area (Å²) in [6.07, 6.45) is 0. The molecule has 1 N–H and O–H groups in total. The van der Waals surface area contributed by atoms with Gasteiger partial charge in [-0.2, -0.15) is 5.10 Å². The number of nitro groups is 1. The van der Waals surface area contributed by atoms with Crippen LogP contribution in [0.2, 0.25) is 0 Å². The highest BCUT2D eigenvalue weighted by molar-refractivity contribution is 6.68. The van der Waals surface area contributed by atoms with E-state index in [2.05, 4.69) is 20.5 Å². The van der Waals surface area contributed by atoms with Crippen LogP contribution in [0.3, 0.4) is 0 Å². The van der Waals surface area contributed by atoms with Crippen LogP contribution in [-0.2, 0) is 0 Å². The minimum absolute atomic E-state index is 0.0492. The maximum Gasteiger partial charge on any atom is 0.269 e. The fourth-order valence-corrected chi connectivity index (χ4v) is 1.79. The van der Waals surface area contributed by atoms with Crippen LogP contribution in [-0.4, -0.2) is 35.1 Å². The van der Waals surface area contributed by atoms with Crippen molar-refractivity contribution in [3.63, 3.8) is 0 Å². The SMILES string of the molecule is CC1=NCCN=C(C)C1=NNc1ccc([N+](=O)[O-])cc1. The molecule has 1 aromatic carbocycles. The molecule has 1 aliphatic rings. The Morgan fingerprint density at radius 1 is 1.15 bits per heavy atom. The highest BCUT2D eigenvalue weighted by atomic mass is 16.6. The van der Waals surface area contributed by atoms with Gasteiger partial charge in [-0.15, -0.1) is 0 Å². The molecule has 0 atom stereocenters. The Labute approximate surface area is 116 Å². The minimum atomic E-state index is -0.436. The summed E-state index contributed by atoms with van der Waals surface area (Å²) in [6, 6.07) is 6.07. The summed E-state index contributed by atoms with van der Waals surface area (Å²) in [5, 5.41) is 14.9. The topological polar surface area (TPSA) is 92.2 Å². The number of hydrogen-bond donors (Lipinski definition) is 1. The number of hydrogen-bond acceptors (Lipinski definition) is 6. The van der Waals surface area contributed by atoms with Gasteiger partial charge < -0.3 is 0 Å². The zero-order valence-corrected chi connectivity index (χ0v) is 11.3. The molecule has 0 aliphatic carbocycles. The van der Waals surface area contributed by atoms with E-state index in [9.17, 15) is 10.1 Å². The lowest BCUT2D eigenvalue weighted by molar-refractivity contribution is -0.384. The lowest BCUT2D eigenvalue weighted by atomic mass is 10.2. The van der Waals surface area contributed by atoms with Gasteiger partial charge in [-0.1, -0.05) is 0 Å². The Bertz CT molecular complexity index is 580. The van der Waals surface area contributed by atoms with E-state index in [1.165, 1.54) is 12.1 Å². The van der Waals surface area contributed by atoms with E-state index in [1.807, 2.05) is 13.8 Å². The molecular weight excluding hydrogens is 258 g/mol. The summed E-state index contributed by atoms with van der Waals surface area (Å²) in [5.41, 5.74) is 5.97. The predicted octanol–water partition coefficient (Wildman–Crippen LogP) is 2.30. The van der Waals surface area contributed by atoms with Gasteiger partial charge >= 0.3 is 0 Å². The second-order valence-corrected chi connectivity index (χ2v) is 4.31. The van der Waals surface area contributed by atoms with Gasteiger partial charge in [0.15, 0.2) is 0 Å². The Morgan fingerprint density at radius 2 is 1.70 bits per heavy atom. The minimum Gasteiger partial charge on any atom is -0.286 e. The van der Waals surface area contributed by atoms with Crippen LogP contribution in [0.5, 0.6) is 0 Å². The first-order valence-electron chi connectivity index (χ1n) is 6.19. The van der Waals surface area contributed by atoms with Crippen LogP contribution < -0.4 is 5.43 Å². The molecule has 2 rings (SSSR count). The van der Waals surface area contributed by atoms with E-state index >= 15 is 0 Å². The van der Waals surface area contributed by atoms with E-state index in [0.717, 1.165) is 11.4 Å². The molecule has 1 heterocycles. The van der Waals surface area contributed by atoms with Gasteiger partial charge in [-0.25, -0.2) is 0 Å². The van der Waals surface area contributed by atoms with E-state index in [-0.39, 0.29) is 5.69 Å². The number of rotatable bonds is 3. The van der Waals surface area contributed by atoms with Crippen molar-refractivity contribution in [3.8, 4) is 0 Å². The van der Waals surface area contributed by atoms with Crippen LogP contribution in [0.1, 0.15) is 13.8 Å². The summed E-state index contributed by atoms with van der Waals surface area (Å²) < 4.78 is 0. The molecule has 0 bridgehead atoms. The highest BCUT2D eigenvalue weighted by Gasteiger charge is 2.11. The third-order valence-corrected chi connectivity index (χ3v) is 2.86. The van der Waals surface area contributed by atoms with Crippen LogP contribution in [0.4, 0.5) is 11.4 Å². The van der Waals surface area contributed by atoms with Gasteiger partial charge in [0.1, 0.15) is 5.71 Å². The van der Waals surface area contributed by atoms with E-state index in [0.29, 0.717) is 24.5 Å². The van der Waals surface area contributed by atoms with Gasteiger partial charge in [-0.05, 0) is 26.0 Å². The lowest BCUT2D eigenvalue weighted by Crippen LogP contribution is -2.20. The van der Waals surface area contributed by atoms with Crippen molar-refractivity contribution in [2.24, 2.45) is 15.1 Å². The predicted molar refractivity (Wildman–Crippen MR) is 80.1 cm³/mol. The maximum absolute atomic E-state index is 10.6. The van der Waals surface area contributed by atoms with Crippen LogP contribution >= 0.6 is 0 Å². The van der Waals surface area contributed by atoms with Crippen molar-refractivity contribution in [3.05, 3.63) is 34.4 Å². The standard InChI is InChI=1S/C13H15N5O2/c1-9-13(10(2)15-8-7-14-9)17-16-11-3-5-12(6-4-11)18(19)20/h3-6,16H,7-8H2,1-2H3. The Balaban J connectivity index is 2.17. The average Bonchev–Trinajstić information content (AvgIpc) is 2.59. The van der Waals surface area contributed by atoms with Crippen LogP contribution in [0, 0.1) is 10.1 Å². The number of nitro benzene ring substituents is 1. The van der Waals surface area contributed by atoms with E-state index < -0.39 is 4.92 Å². The largest absolute Gasteiger partial charge is 0.286 e. The smallest absolute Gasteiger partial charge is 0.269 e. The summed E-state index contributed by atoms with van der Waals surface area (Å²) in [5.74, 6) is 0. The third kappa shape index (κ3) is 3.25. The maximum atomic E-state index is 10.6. The van der Waals surface area contributed by atoms with Crippen molar-refractivity contribution < 1.29 is 4.92 Å². The number of anilines is 1. The molecule has 0 unspecified atom stereocenters. The van der Waals surface area contributed by atoms with Gasteiger partial charge in [0.2, 0.25) is 0 Å². The van der Waals surface area contributed by atoms with Gasteiger partial charge in [-0.3, -0.25) is 25.5 Å². The number of aliphatic imine (C=N–C) groups is 2. The average molecular weight is 273 g/mol. The quantitative estimate of drug-likeness (QED) is 0.676. The zero-order chi connectivity index (χ0) is 14.5. The summed E-state index contributed by atoms with van der Waals surface area (Å²) in [4.78, 5) is 18.8. The first-order chi connectivity index (χ1) is 9.58. The van der Waals surface area contributed by atoms with Gasteiger partial charge in [0.25, 0.3) is 5.69 Å². The molecule has 1 aromatic rings. The van der Waals surface area contributed by atoms with Crippen molar-refractivity contribution in [2.45, 2.75) is 13.8 Å². The van der Waals surface area contributed by atoms with Crippen molar-refractivity contribution in [2.75, 3.05) is 18.5 Å². The Morgan fingerprint density at radius 3 is 2.20 bits per heavy atom. The fourth-order valence-electron chi connectivity index (χ4n) is 1.79. The molecule has 7 nitrogen and oxygen atoms in total. The molecule has 0 saturated heterocycles. The number of non-ortho nitro benzene ring substituents is 1. The number of hydrazone groups is 1. The fraction of sp³-hybridized carbons (Fsp3) is 0.308. The number of nitrogens with zero attached hydrogens (tertiary/aromatic N) is 4. The molecule has 1 aliphatic heterocycles. The number of benzene rings is 1. The zero-order valence-electron chi connectivity index (χ0n) is 11.3. The van der Waals surface area contributed by atoms with Crippen LogP contribution in [0.25, 0.3) is 0 Å². The molecule has 0 radical (unpaired) electrons. The third-order valence-electron chi connectivity index (χ3n) is 2.86. The molecule has 0 fully saturated rings. The summed E-state index contributed by atoms with van der Waals surface area (Å²) in [6.45, 7) is 5.11.